The van der Waals surface area contributed by atoms with Crippen LogP contribution in [0.4, 0.5) is 4.79 Å². The van der Waals surface area contributed by atoms with Crippen LogP contribution in [0.3, 0.4) is 0 Å². The van der Waals surface area contributed by atoms with E-state index < -0.39 is 6.09 Å². The van der Waals surface area contributed by atoms with Gasteiger partial charge < -0.3 is 14.8 Å². The molecule has 1 N–H and O–H groups in total. The van der Waals surface area contributed by atoms with Gasteiger partial charge >= 0.3 is 12.1 Å². The van der Waals surface area contributed by atoms with Gasteiger partial charge in [0.1, 0.15) is 13.2 Å². The summed E-state index contributed by atoms with van der Waals surface area (Å²) < 4.78 is 9.70. The monoisotopic (exact) mass is 266 g/mol. The Morgan fingerprint density at radius 2 is 2.00 bits per heavy atom. The van der Waals surface area contributed by atoms with Crippen molar-refractivity contribution in [1.29, 1.82) is 0 Å². The molecule has 0 saturated heterocycles. The van der Waals surface area contributed by atoms with E-state index in [-0.39, 0.29) is 25.1 Å². The van der Waals surface area contributed by atoms with Crippen LogP contribution >= 0.6 is 0 Å². The van der Waals surface area contributed by atoms with Crippen LogP contribution in [0.15, 0.2) is 24.4 Å². The number of hydrogen-bond acceptors (Lipinski definition) is 5. The molecule has 0 saturated carbocycles. The van der Waals surface area contributed by atoms with Gasteiger partial charge in [-0.25, -0.2) is 4.79 Å². The zero-order valence-corrected chi connectivity index (χ0v) is 11.1. The second-order valence-corrected chi connectivity index (χ2v) is 4.13. The maximum absolute atomic E-state index is 11.3. The molecule has 0 bridgehead atoms. The van der Waals surface area contributed by atoms with Crippen molar-refractivity contribution in [3.8, 4) is 0 Å². The number of nitrogens with zero attached hydrogens (tertiary/aromatic N) is 1. The van der Waals surface area contributed by atoms with Crippen molar-refractivity contribution in [2.75, 3.05) is 13.2 Å². The molecule has 1 heterocycles. The number of carbonyl (C=O) groups excluding carboxylic acids is 2. The van der Waals surface area contributed by atoms with Crippen molar-refractivity contribution in [3.05, 3.63) is 30.1 Å². The zero-order chi connectivity index (χ0) is 14.1. The molecule has 0 spiro atoms. The number of esters is 1. The van der Waals surface area contributed by atoms with Gasteiger partial charge in [-0.3, -0.25) is 9.78 Å². The van der Waals surface area contributed by atoms with E-state index in [2.05, 4.69) is 10.3 Å². The predicted molar refractivity (Wildman–Crippen MR) is 68.2 cm³/mol. The van der Waals surface area contributed by atoms with Gasteiger partial charge in [0.25, 0.3) is 0 Å². The highest BCUT2D eigenvalue weighted by atomic mass is 16.6. The Balaban J connectivity index is 2.10. The van der Waals surface area contributed by atoms with Gasteiger partial charge in [-0.2, -0.15) is 0 Å². The number of ether oxygens (including phenoxy) is 2. The third-order valence-corrected chi connectivity index (χ3v) is 2.17. The molecule has 1 aromatic rings. The molecular weight excluding hydrogens is 248 g/mol. The maximum atomic E-state index is 11.3. The second-order valence-electron chi connectivity index (χ2n) is 4.13. The van der Waals surface area contributed by atoms with Crippen LogP contribution in [-0.4, -0.2) is 30.3 Å². The van der Waals surface area contributed by atoms with Crippen molar-refractivity contribution >= 4 is 12.1 Å². The van der Waals surface area contributed by atoms with Gasteiger partial charge in [0.05, 0.1) is 18.2 Å². The quantitative estimate of drug-likeness (QED) is 0.623. The predicted octanol–water partition coefficient (Wildman–Crippen LogP) is 1.51. The van der Waals surface area contributed by atoms with Gasteiger partial charge in [0, 0.05) is 6.20 Å². The molecule has 0 unspecified atom stereocenters. The van der Waals surface area contributed by atoms with Crippen molar-refractivity contribution in [3.63, 3.8) is 0 Å². The Morgan fingerprint density at radius 3 is 2.63 bits per heavy atom. The lowest BCUT2D eigenvalue weighted by Crippen LogP contribution is -2.26. The zero-order valence-electron chi connectivity index (χ0n) is 11.1. The highest BCUT2D eigenvalue weighted by Gasteiger charge is 2.08. The van der Waals surface area contributed by atoms with E-state index in [1.54, 1.807) is 32.2 Å². The number of carbonyl (C=O) groups is 2. The smallest absolute Gasteiger partial charge is 0.407 e. The summed E-state index contributed by atoms with van der Waals surface area (Å²) in [4.78, 5) is 26.5. The van der Waals surface area contributed by atoms with Crippen LogP contribution in [-0.2, 0) is 20.8 Å². The Hall–Kier alpha value is -2.11. The molecule has 19 heavy (non-hydrogen) atoms. The first-order valence-electron chi connectivity index (χ1n) is 6.06. The first kappa shape index (κ1) is 14.9. The summed E-state index contributed by atoms with van der Waals surface area (Å²) in [6, 6.07) is 5.43. The van der Waals surface area contributed by atoms with Gasteiger partial charge in [-0.05, 0) is 12.1 Å². The largest absolute Gasteiger partial charge is 0.462 e. The van der Waals surface area contributed by atoms with Gasteiger partial charge in [-0.1, -0.05) is 19.9 Å². The maximum Gasteiger partial charge on any atom is 0.407 e. The molecule has 1 amide bonds. The number of amides is 1. The van der Waals surface area contributed by atoms with E-state index in [9.17, 15) is 9.59 Å². The average molecular weight is 266 g/mol. The molecule has 0 atom stereocenters. The molecule has 0 aliphatic heterocycles. The molecule has 0 aromatic carbocycles. The van der Waals surface area contributed by atoms with E-state index in [0.717, 1.165) is 5.69 Å². The molecule has 6 nitrogen and oxygen atoms in total. The Bertz CT molecular complexity index is 406. The minimum atomic E-state index is -0.564. The Kier molecular flexibility index (Phi) is 6.35. The fourth-order valence-corrected chi connectivity index (χ4v) is 1.16. The van der Waals surface area contributed by atoms with E-state index >= 15 is 0 Å². The number of alkyl carbamates (subject to hydrolysis) is 1. The van der Waals surface area contributed by atoms with E-state index in [1.165, 1.54) is 0 Å². The lowest BCUT2D eigenvalue weighted by Gasteiger charge is -2.08. The SMILES string of the molecule is CC(C)C(=O)OCCOC(=O)NCc1ccccn1. The molecule has 0 aliphatic rings. The Labute approximate surface area is 112 Å². The fourth-order valence-electron chi connectivity index (χ4n) is 1.16. The summed E-state index contributed by atoms with van der Waals surface area (Å²) >= 11 is 0. The number of pyridine rings is 1. The molecule has 1 rings (SSSR count). The number of rotatable bonds is 6. The number of hydrogen-bond donors (Lipinski definition) is 1. The third kappa shape index (κ3) is 6.40. The second kappa shape index (κ2) is 8.07. The number of aromatic nitrogens is 1. The standard InChI is InChI=1S/C13H18N2O4/c1-10(2)12(16)18-7-8-19-13(17)15-9-11-5-3-4-6-14-11/h3-6,10H,7-9H2,1-2H3,(H,15,17). The van der Waals surface area contributed by atoms with Crippen molar-refractivity contribution in [2.24, 2.45) is 5.92 Å². The molecule has 104 valence electrons. The summed E-state index contributed by atoms with van der Waals surface area (Å²) in [5.41, 5.74) is 0.741. The molecule has 0 aliphatic carbocycles. The fraction of sp³-hybridized carbons (Fsp3) is 0.462. The van der Waals surface area contributed by atoms with E-state index in [1.807, 2.05) is 6.07 Å². The van der Waals surface area contributed by atoms with Crippen LogP contribution in [0.25, 0.3) is 0 Å². The van der Waals surface area contributed by atoms with Gasteiger partial charge in [0.15, 0.2) is 0 Å². The summed E-state index contributed by atoms with van der Waals surface area (Å²) in [5, 5.41) is 2.55. The molecule has 0 radical (unpaired) electrons. The molecule has 6 heteroatoms. The molecule has 0 fully saturated rings. The van der Waals surface area contributed by atoms with E-state index in [4.69, 9.17) is 9.47 Å². The average Bonchev–Trinajstić information content (AvgIpc) is 2.42. The highest BCUT2D eigenvalue weighted by molar-refractivity contribution is 5.71. The van der Waals surface area contributed by atoms with Crippen molar-refractivity contribution < 1.29 is 19.1 Å². The van der Waals surface area contributed by atoms with Crippen LogP contribution in [0.5, 0.6) is 0 Å². The summed E-state index contributed by atoms with van der Waals surface area (Å²) in [6.45, 7) is 3.87. The Morgan fingerprint density at radius 1 is 1.26 bits per heavy atom. The first-order valence-corrected chi connectivity index (χ1v) is 6.06. The first-order chi connectivity index (χ1) is 9.09. The molecular formula is C13H18N2O4. The highest BCUT2D eigenvalue weighted by Crippen LogP contribution is 1.96. The summed E-state index contributed by atoms with van der Waals surface area (Å²) in [6.07, 6.45) is 1.08. The normalized spacial score (nSPS) is 10.1. The lowest BCUT2D eigenvalue weighted by atomic mass is 10.2. The van der Waals surface area contributed by atoms with Crippen molar-refractivity contribution in [2.45, 2.75) is 20.4 Å². The summed E-state index contributed by atoms with van der Waals surface area (Å²) in [7, 11) is 0. The van der Waals surface area contributed by atoms with Crippen LogP contribution in [0, 0.1) is 5.92 Å². The number of nitrogens with one attached hydrogen (secondary N) is 1. The van der Waals surface area contributed by atoms with Crippen LogP contribution in [0.1, 0.15) is 19.5 Å². The minimum Gasteiger partial charge on any atom is -0.462 e. The minimum absolute atomic E-state index is 0.0342. The topological polar surface area (TPSA) is 77.5 Å². The van der Waals surface area contributed by atoms with Gasteiger partial charge in [0.2, 0.25) is 0 Å². The third-order valence-electron chi connectivity index (χ3n) is 2.17. The van der Waals surface area contributed by atoms with Gasteiger partial charge in [-0.15, -0.1) is 0 Å². The molecule has 1 aromatic heterocycles. The van der Waals surface area contributed by atoms with Crippen LogP contribution in [0.2, 0.25) is 0 Å². The van der Waals surface area contributed by atoms with Crippen LogP contribution < -0.4 is 5.32 Å². The van der Waals surface area contributed by atoms with Crippen molar-refractivity contribution in [1.82, 2.24) is 10.3 Å². The lowest BCUT2D eigenvalue weighted by molar-refractivity contribution is -0.148. The summed E-state index contributed by atoms with van der Waals surface area (Å²) in [5.74, 6) is -0.490. The van der Waals surface area contributed by atoms with E-state index in [0.29, 0.717) is 6.54 Å².